The number of alkyl carbamates (subject to hydrolysis) is 1. The van der Waals surface area contributed by atoms with Crippen molar-refractivity contribution in [1.29, 1.82) is 5.41 Å². The Bertz CT molecular complexity index is 658. The Kier molecular flexibility index (Phi) is 6.23. The van der Waals surface area contributed by atoms with Gasteiger partial charge in [-0.05, 0) is 39.2 Å². The van der Waals surface area contributed by atoms with E-state index in [1.165, 1.54) is 0 Å². The van der Waals surface area contributed by atoms with Crippen molar-refractivity contribution < 1.29 is 14.3 Å². The van der Waals surface area contributed by atoms with E-state index in [4.69, 9.17) is 15.9 Å². The smallest absolute Gasteiger partial charge is 0.408 e. The van der Waals surface area contributed by atoms with E-state index in [1.54, 1.807) is 37.8 Å². The fourth-order valence-corrected chi connectivity index (χ4v) is 2.86. The molecule has 26 heavy (non-hydrogen) atoms. The summed E-state index contributed by atoms with van der Waals surface area (Å²) in [5.41, 5.74) is 6.34. The molecule has 1 aromatic rings. The minimum Gasteiger partial charge on any atom is -0.444 e. The summed E-state index contributed by atoms with van der Waals surface area (Å²) < 4.78 is 5.30. The van der Waals surface area contributed by atoms with E-state index in [9.17, 15) is 9.59 Å². The van der Waals surface area contributed by atoms with Gasteiger partial charge >= 0.3 is 6.09 Å². The maximum absolute atomic E-state index is 12.8. The van der Waals surface area contributed by atoms with Gasteiger partial charge in [-0.25, -0.2) is 4.79 Å². The molecule has 1 aromatic carbocycles. The van der Waals surface area contributed by atoms with Gasteiger partial charge in [-0.3, -0.25) is 10.2 Å². The standard InChI is InChI=1S/C19H28N4O3/c1-19(2,3)26-18(25)22-15(17(24)23-10-4-5-11-23)12-13-6-8-14(9-7-13)16(20)21/h6-9,15H,4-5,10-12H2,1-3H3,(H3,20,21)(H,22,25)/t15-/m0/s1. The van der Waals surface area contributed by atoms with Crippen LogP contribution in [0.3, 0.4) is 0 Å². The first-order valence-corrected chi connectivity index (χ1v) is 8.87. The van der Waals surface area contributed by atoms with Crippen LogP contribution in [0.15, 0.2) is 24.3 Å². The summed E-state index contributed by atoms with van der Waals surface area (Å²) >= 11 is 0. The highest BCUT2D eigenvalue weighted by Gasteiger charge is 2.29. The van der Waals surface area contributed by atoms with Gasteiger partial charge in [0.15, 0.2) is 0 Å². The molecule has 1 atom stereocenters. The predicted octanol–water partition coefficient (Wildman–Crippen LogP) is 2.03. The number of likely N-dealkylation sites (tertiary alicyclic amines) is 1. The first-order chi connectivity index (χ1) is 12.2. The molecule has 0 radical (unpaired) electrons. The van der Waals surface area contributed by atoms with Crippen molar-refractivity contribution in [3.63, 3.8) is 0 Å². The Balaban J connectivity index is 2.12. The SMILES string of the molecule is CC(C)(C)OC(=O)N[C@@H](Cc1ccc(C(=N)N)cc1)C(=O)N1CCCC1. The second kappa shape index (κ2) is 8.21. The molecule has 0 saturated carbocycles. The Morgan fingerprint density at radius 3 is 2.31 bits per heavy atom. The Morgan fingerprint density at radius 1 is 1.23 bits per heavy atom. The lowest BCUT2D eigenvalue weighted by molar-refractivity contribution is -0.132. The third-order valence-corrected chi connectivity index (χ3v) is 4.11. The summed E-state index contributed by atoms with van der Waals surface area (Å²) in [6.07, 6.45) is 1.72. The van der Waals surface area contributed by atoms with E-state index in [1.807, 2.05) is 12.1 Å². The average Bonchev–Trinajstić information content (AvgIpc) is 3.06. The lowest BCUT2D eigenvalue weighted by atomic mass is 10.0. The van der Waals surface area contributed by atoms with Crippen LogP contribution < -0.4 is 11.1 Å². The number of rotatable bonds is 5. The quantitative estimate of drug-likeness (QED) is 0.551. The summed E-state index contributed by atoms with van der Waals surface area (Å²) in [7, 11) is 0. The van der Waals surface area contributed by atoms with Gasteiger partial charge in [0.1, 0.15) is 17.5 Å². The molecule has 4 N–H and O–H groups in total. The number of nitrogens with one attached hydrogen (secondary N) is 2. The first-order valence-electron chi connectivity index (χ1n) is 8.87. The fraction of sp³-hybridized carbons (Fsp3) is 0.526. The number of nitrogen functional groups attached to an aromatic ring is 1. The van der Waals surface area contributed by atoms with Crippen molar-refractivity contribution in [2.24, 2.45) is 5.73 Å². The molecule has 0 spiro atoms. The zero-order chi connectivity index (χ0) is 19.3. The summed E-state index contributed by atoms with van der Waals surface area (Å²) in [6, 6.07) is 6.42. The highest BCUT2D eigenvalue weighted by atomic mass is 16.6. The molecule has 1 saturated heterocycles. The van der Waals surface area contributed by atoms with Gasteiger partial charge in [0.2, 0.25) is 5.91 Å². The van der Waals surface area contributed by atoms with Crippen molar-refractivity contribution >= 4 is 17.8 Å². The number of carbonyl (C=O) groups excluding carboxylic acids is 2. The van der Waals surface area contributed by atoms with Gasteiger partial charge < -0.3 is 20.7 Å². The lowest BCUT2D eigenvalue weighted by Crippen LogP contribution is -2.50. The second-order valence-electron chi connectivity index (χ2n) is 7.55. The predicted molar refractivity (Wildman–Crippen MR) is 100 cm³/mol. The van der Waals surface area contributed by atoms with Crippen molar-refractivity contribution in [2.75, 3.05) is 13.1 Å². The molecule has 1 heterocycles. The normalized spacial score (nSPS) is 15.4. The molecule has 1 fully saturated rings. The van der Waals surface area contributed by atoms with Gasteiger partial charge in [0.05, 0.1) is 0 Å². The molecule has 1 aliphatic heterocycles. The number of ether oxygens (including phenoxy) is 1. The van der Waals surface area contributed by atoms with E-state index in [2.05, 4.69) is 5.32 Å². The highest BCUT2D eigenvalue weighted by Crippen LogP contribution is 2.14. The molecule has 142 valence electrons. The van der Waals surface area contributed by atoms with Gasteiger partial charge in [-0.15, -0.1) is 0 Å². The lowest BCUT2D eigenvalue weighted by Gasteiger charge is -2.26. The fourth-order valence-electron chi connectivity index (χ4n) is 2.86. The van der Waals surface area contributed by atoms with E-state index in [0.29, 0.717) is 25.1 Å². The third kappa shape index (κ3) is 5.75. The number of carbonyl (C=O) groups is 2. The van der Waals surface area contributed by atoms with E-state index in [0.717, 1.165) is 18.4 Å². The van der Waals surface area contributed by atoms with Crippen LogP contribution in [-0.4, -0.2) is 47.5 Å². The molecule has 0 bridgehead atoms. The minimum atomic E-state index is -0.689. The Hall–Kier alpha value is -2.57. The molecule has 7 nitrogen and oxygen atoms in total. The molecular weight excluding hydrogens is 332 g/mol. The largest absolute Gasteiger partial charge is 0.444 e. The van der Waals surface area contributed by atoms with Crippen LogP contribution in [-0.2, 0) is 16.0 Å². The van der Waals surface area contributed by atoms with E-state index in [-0.39, 0.29) is 11.7 Å². The topological polar surface area (TPSA) is 109 Å². The molecule has 7 heteroatoms. The van der Waals surface area contributed by atoms with Crippen LogP contribution in [0.1, 0.15) is 44.7 Å². The number of benzene rings is 1. The van der Waals surface area contributed by atoms with Crippen molar-refractivity contribution in [3.05, 3.63) is 35.4 Å². The summed E-state index contributed by atoms with van der Waals surface area (Å²) in [4.78, 5) is 26.8. The number of nitrogens with zero attached hydrogens (tertiary/aromatic N) is 1. The molecule has 0 unspecified atom stereocenters. The number of nitrogens with two attached hydrogens (primary N) is 1. The molecular formula is C19H28N4O3. The van der Waals surface area contributed by atoms with Crippen LogP contribution in [0.2, 0.25) is 0 Å². The molecule has 0 aromatic heterocycles. The van der Waals surface area contributed by atoms with Crippen LogP contribution in [0.4, 0.5) is 4.79 Å². The maximum Gasteiger partial charge on any atom is 0.408 e. The molecule has 0 aliphatic carbocycles. The molecule has 2 amide bonds. The van der Waals surface area contributed by atoms with Crippen molar-refractivity contribution in [3.8, 4) is 0 Å². The van der Waals surface area contributed by atoms with Gasteiger partial charge in [-0.1, -0.05) is 24.3 Å². The third-order valence-electron chi connectivity index (χ3n) is 4.11. The summed E-state index contributed by atoms with van der Waals surface area (Å²) in [6.45, 7) is 6.78. The Labute approximate surface area is 154 Å². The minimum absolute atomic E-state index is 0.00637. The van der Waals surface area contributed by atoms with Crippen LogP contribution >= 0.6 is 0 Å². The van der Waals surface area contributed by atoms with Crippen molar-refractivity contribution in [2.45, 2.75) is 51.7 Å². The first kappa shape index (κ1) is 19.8. The summed E-state index contributed by atoms with van der Waals surface area (Å²) in [5.74, 6) is -0.0999. The van der Waals surface area contributed by atoms with E-state index < -0.39 is 17.7 Å². The van der Waals surface area contributed by atoms with Crippen LogP contribution in [0.5, 0.6) is 0 Å². The summed E-state index contributed by atoms with van der Waals surface area (Å²) in [5, 5.41) is 10.2. The van der Waals surface area contributed by atoms with Gasteiger partial charge in [0.25, 0.3) is 0 Å². The zero-order valence-corrected chi connectivity index (χ0v) is 15.7. The van der Waals surface area contributed by atoms with Gasteiger partial charge in [-0.2, -0.15) is 0 Å². The van der Waals surface area contributed by atoms with Crippen LogP contribution in [0.25, 0.3) is 0 Å². The average molecular weight is 360 g/mol. The maximum atomic E-state index is 12.8. The van der Waals surface area contributed by atoms with Crippen molar-refractivity contribution in [1.82, 2.24) is 10.2 Å². The highest BCUT2D eigenvalue weighted by molar-refractivity contribution is 5.94. The van der Waals surface area contributed by atoms with Crippen LogP contribution in [0, 0.1) is 5.41 Å². The number of amidine groups is 1. The number of hydrogen-bond donors (Lipinski definition) is 3. The molecule has 1 aliphatic rings. The monoisotopic (exact) mass is 360 g/mol. The molecule has 2 rings (SSSR count). The second-order valence-corrected chi connectivity index (χ2v) is 7.55. The van der Waals surface area contributed by atoms with Gasteiger partial charge in [0, 0.05) is 25.1 Å². The van der Waals surface area contributed by atoms with E-state index >= 15 is 0 Å². The Morgan fingerprint density at radius 2 is 1.81 bits per heavy atom. The zero-order valence-electron chi connectivity index (χ0n) is 15.7. The number of amides is 2. The number of hydrogen-bond acceptors (Lipinski definition) is 4.